The molecule has 0 bridgehead atoms. The standard InChI is InChI=1S/C7H14Cl.Mn/c1-2-3-4-5-6-7-8;/h1-7H2;/q-1;. The van der Waals surface area contributed by atoms with E-state index in [0.29, 0.717) is 0 Å². The summed E-state index contributed by atoms with van der Waals surface area (Å²) in [6.07, 6.45) is 6.08. The maximum atomic E-state index is 5.46. The Morgan fingerprint density at radius 2 is 1.56 bits per heavy atom. The summed E-state index contributed by atoms with van der Waals surface area (Å²) in [5.41, 5.74) is 0. The molecule has 0 heterocycles. The second-order valence-electron chi connectivity index (χ2n) is 1.96. The maximum Gasteiger partial charge on any atom is 0.0223 e. The summed E-state index contributed by atoms with van der Waals surface area (Å²) < 4.78 is 0. The molecular formula is C7H14ClMn-. The van der Waals surface area contributed by atoms with E-state index in [1.54, 1.807) is 0 Å². The molecule has 0 saturated heterocycles. The van der Waals surface area contributed by atoms with Gasteiger partial charge in [-0.3, -0.25) is 0 Å². The molecule has 0 aliphatic carbocycles. The molecule has 0 unspecified atom stereocenters. The number of unbranched alkanes of at least 4 members (excludes halogenated alkanes) is 4. The Kier molecular flexibility index (Phi) is 16.1. The molecule has 0 aromatic heterocycles. The Hall–Kier alpha value is 0.809. The molecule has 57 valence electrons. The molecule has 0 spiro atoms. The van der Waals surface area contributed by atoms with Crippen molar-refractivity contribution in [3.8, 4) is 0 Å². The third-order valence-electron chi connectivity index (χ3n) is 1.13. The van der Waals surface area contributed by atoms with Crippen LogP contribution in [0, 0.1) is 6.92 Å². The topological polar surface area (TPSA) is 0 Å². The average molecular weight is 189 g/mol. The zero-order valence-electron chi connectivity index (χ0n) is 5.71. The fourth-order valence-corrected chi connectivity index (χ4v) is 0.814. The van der Waals surface area contributed by atoms with Gasteiger partial charge >= 0.3 is 0 Å². The van der Waals surface area contributed by atoms with Crippen molar-refractivity contribution in [2.24, 2.45) is 0 Å². The zero-order chi connectivity index (χ0) is 6.24. The van der Waals surface area contributed by atoms with Crippen LogP contribution in [0.25, 0.3) is 0 Å². The van der Waals surface area contributed by atoms with Gasteiger partial charge in [0.1, 0.15) is 0 Å². The predicted molar refractivity (Wildman–Crippen MR) is 39.2 cm³/mol. The first kappa shape index (κ1) is 12.5. The molecule has 9 heavy (non-hydrogen) atoms. The van der Waals surface area contributed by atoms with Crippen LogP contribution in [0.3, 0.4) is 0 Å². The number of alkyl halides is 1. The van der Waals surface area contributed by atoms with Crippen molar-refractivity contribution in [2.75, 3.05) is 5.88 Å². The molecule has 0 atom stereocenters. The summed E-state index contributed by atoms with van der Waals surface area (Å²) in [7, 11) is 0. The number of hydrogen-bond acceptors (Lipinski definition) is 0. The molecule has 0 fully saturated rings. The smallest absolute Gasteiger partial charge is 0.0223 e. The Labute approximate surface area is 73.8 Å². The molecule has 0 rings (SSSR count). The van der Waals surface area contributed by atoms with Crippen molar-refractivity contribution in [2.45, 2.75) is 32.1 Å². The number of rotatable bonds is 5. The molecule has 0 aromatic carbocycles. The third kappa shape index (κ3) is 12.1. The Bertz CT molecular complexity index is 33.9. The van der Waals surface area contributed by atoms with Gasteiger partial charge in [-0.05, 0) is 6.42 Å². The molecule has 0 nitrogen and oxygen atoms in total. The van der Waals surface area contributed by atoms with Crippen molar-refractivity contribution >= 4 is 11.6 Å². The first-order valence-corrected chi connectivity index (χ1v) is 3.80. The molecule has 2 heteroatoms. The molecule has 0 N–H and O–H groups in total. The minimum atomic E-state index is 0. The van der Waals surface area contributed by atoms with Crippen molar-refractivity contribution in [1.82, 2.24) is 0 Å². The molecule has 0 aromatic rings. The van der Waals surface area contributed by atoms with E-state index >= 15 is 0 Å². The van der Waals surface area contributed by atoms with Gasteiger partial charge in [-0.2, -0.15) is 6.42 Å². The predicted octanol–water partition coefficient (Wildman–Crippen LogP) is 3.01. The summed E-state index contributed by atoms with van der Waals surface area (Å²) in [5, 5.41) is 0. The second kappa shape index (κ2) is 11.6. The van der Waals surface area contributed by atoms with E-state index in [9.17, 15) is 0 Å². The first-order valence-electron chi connectivity index (χ1n) is 3.27. The summed E-state index contributed by atoms with van der Waals surface area (Å²) >= 11 is 5.46. The molecular weight excluding hydrogens is 174 g/mol. The van der Waals surface area contributed by atoms with Gasteiger partial charge in [0.05, 0.1) is 0 Å². The van der Waals surface area contributed by atoms with Crippen LogP contribution in [-0.2, 0) is 17.1 Å². The van der Waals surface area contributed by atoms with Gasteiger partial charge in [0.15, 0.2) is 0 Å². The van der Waals surface area contributed by atoms with Crippen LogP contribution < -0.4 is 0 Å². The molecule has 0 aliphatic rings. The van der Waals surface area contributed by atoms with E-state index in [1.165, 1.54) is 25.7 Å². The van der Waals surface area contributed by atoms with Gasteiger partial charge in [-0.1, -0.05) is 19.3 Å². The van der Waals surface area contributed by atoms with Gasteiger partial charge in [-0.15, -0.1) is 11.6 Å². The van der Waals surface area contributed by atoms with Crippen LogP contribution in [0.15, 0.2) is 0 Å². The van der Waals surface area contributed by atoms with Crippen molar-refractivity contribution in [3.05, 3.63) is 6.92 Å². The van der Waals surface area contributed by atoms with Crippen molar-refractivity contribution in [3.63, 3.8) is 0 Å². The van der Waals surface area contributed by atoms with Gasteiger partial charge in [0.2, 0.25) is 0 Å². The minimum absolute atomic E-state index is 0. The largest absolute Gasteiger partial charge is 0.343 e. The molecule has 0 amide bonds. The second-order valence-corrected chi connectivity index (χ2v) is 2.33. The van der Waals surface area contributed by atoms with E-state index in [4.69, 9.17) is 11.6 Å². The Balaban J connectivity index is 0. The Morgan fingerprint density at radius 3 is 2.00 bits per heavy atom. The van der Waals surface area contributed by atoms with Gasteiger partial charge < -0.3 is 6.92 Å². The quantitative estimate of drug-likeness (QED) is 0.269. The van der Waals surface area contributed by atoms with Crippen molar-refractivity contribution < 1.29 is 17.1 Å². The van der Waals surface area contributed by atoms with E-state index in [1.807, 2.05) is 0 Å². The fourth-order valence-electron chi connectivity index (χ4n) is 0.625. The number of halogens is 1. The van der Waals surface area contributed by atoms with Gasteiger partial charge in [-0.25, -0.2) is 0 Å². The normalized spacial score (nSPS) is 8.67. The van der Waals surface area contributed by atoms with E-state index in [-0.39, 0.29) is 17.1 Å². The van der Waals surface area contributed by atoms with Crippen LogP contribution >= 0.6 is 11.6 Å². The fraction of sp³-hybridized carbons (Fsp3) is 0.857. The minimum Gasteiger partial charge on any atom is -0.343 e. The summed E-state index contributed by atoms with van der Waals surface area (Å²) in [4.78, 5) is 0. The number of hydrogen-bond donors (Lipinski definition) is 0. The van der Waals surface area contributed by atoms with E-state index in [0.717, 1.165) is 12.3 Å². The van der Waals surface area contributed by atoms with Crippen LogP contribution in [0.1, 0.15) is 32.1 Å². The van der Waals surface area contributed by atoms with E-state index in [2.05, 4.69) is 6.92 Å². The zero-order valence-corrected chi connectivity index (χ0v) is 7.64. The van der Waals surface area contributed by atoms with Crippen LogP contribution in [0.4, 0.5) is 0 Å². The van der Waals surface area contributed by atoms with Gasteiger partial charge in [0, 0.05) is 22.9 Å². The SMILES string of the molecule is [CH2-]CCCCCCCl.[Mn]. The maximum absolute atomic E-state index is 5.46. The third-order valence-corrected chi connectivity index (χ3v) is 1.40. The Morgan fingerprint density at radius 1 is 1.00 bits per heavy atom. The summed E-state index contributed by atoms with van der Waals surface area (Å²) in [6, 6.07) is 0. The molecule has 1 radical (unpaired) electrons. The molecule has 0 aliphatic heterocycles. The van der Waals surface area contributed by atoms with E-state index < -0.39 is 0 Å². The summed E-state index contributed by atoms with van der Waals surface area (Å²) in [5.74, 6) is 0.817. The average Bonchev–Trinajstić information content (AvgIpc) is 1.81. The van der Waals surface area contributed by atoms with Crippen LogP contribution in [0.5, 0.6) is 0 Å². The van der Waals surface area contributed by atoms with Gasteiger partial charge in [0.25, 0.3) is 0 Å². The van der Waals surface area contributed by atoms with Crippen molar-refractivity contribution in [1.29, 1.82) is 0 Å². The molecule has 0 saturated carbocycles. The first-order chi connectivity index (χ1) is 3.91. The van der Waals surface area contributed by atoms with Crippen LogP contribution in [0.2, 0.25) is 0 Å². The van der Waals surface area contributed by atoms with Crippen LogP contribution in [-0.4, -0.2) is 5.88 Å². The monoisotopic (exact) mass is 188 g/mol. The summed E-state index contributed by atoms with van der Waals surface area (Å²) in [6.45, 7) is 3.75.